The predicted octanol–water partition coefficient (Wildman–Crippen LogP) is 1.05. The average Bonchev–Trinajstić information content (AvgIpc) is 2.18. The fourth-order valence-corrected chi connectivity index (χ4v) is 1.15. The van der Waals surface area contributed by atoms with Gasteiger partial charge in [0.25, 0.3) is 5.91 Å². The highest BCUT2D eigenvalue weighted by molar-refractivity contribution is 5.98. The minimum atomic E-state index is -0.490. The van der Waals surface area contributed by atoms with E-state index >= 15 is 0 Å². The number of rotatable bonds is 4. The summed E-state index contributed by atoms with van der Waals surface area (Å²) in [7, 11) is 1.54. The summed E-state index contributed by atoms with van der Waals surface area (Å²) in [5.74, 6) is 0.116. The Kier molecular flexibility index (Phi) is 3.34. The predicted molar refractivity (Wildman–Crippen MR) is 53.8 cm³/mol. The van der Waals surface area contributed by atoms with Crippen molar-refractivity contribution in [3.63, 3.8) is 0 Å². The number of amides is 1. The Bertz CT molecular complexity index is 337. The summed E-state index contributed by atoms with van der Waals surface area (Å²) in [5.41, 5.74) is 6.22. The van der Waals surface area contributed by atoms with Crippen molar-refractivity contribution in [2.24, 2.45) is 5.73 Å². The molecule has 0 heterocycles. The first-order chi connectivity index (χ1) is 6.69. The van der Waals surface area contributed by atoms with E-state index in [4.69, 9.17) is 10.5 Å². The number of ether oxygens (including phenoxy) is 1. The van der Waals surface area contributed by atoms with Gasteiger partial charge in [-0.05, 0) is 25.1 Å². The third kappa shape index (κ3) is 2.16. The molecule has 0 atom stereocenters. The Morgan fingerprint density at radius 2 is 2.29 bits per heavy atom. The Labute approximate surface area is 83.1 Å². The molecule has 0 bridgehead atoms. The molecule has 4 heteroatoms. The van der Waals surface area contributed by atoms with Gasteiger partial charge in [-0.1, -0.05) is 0 Å². The van der Waals surface area contributed by atoms with Crippen molar-refractivity contribution in [1.82, 2.24) is 5.32 Å². The molecule has 0 aliphatic heterocycles. The Balaban J connectivity index is 3.10. The molecule has 4 nitrogen and oxygen atoms in total. The highest BCUT2D eigenvalue weighted by Gasteiger charge is 2.09. The molecule has 0 saturated carbocycles. The van der Waals surface area contributed by atoms with Crippen LogP contribution in [0.25, 0.3) is 0 Å². The standard InChI is InChI=1S/C10H13N2O2/c1-3-12-9-5-4-7(14-2)6-8(9)10(11)13/h4-6H,3H2,1-2H3,(H2,11,13). The van der Waals surface area contributed by atoms with Gasteiger partial charge in [0.05, 0.1) is 18.4 Å². The van der Waals surface area contributed by atoms with E-state index in [1.807, 2.05) is 6.92 Å². The van der Waals surface area contributed by atoms with E-state index in [2.05, 4.69) is 5.32 Å². The lowest BCUT2D eigenvalue weighted by atomic mass is 10.1. The number of carbonyl (C=O) groups is 1. The maximum Gasteiger partial charge on any atom is 0.251 e. The van der Waals surface area contributed by atoms with E-state index in [0.717, 1.165) is 0 Å². The molecule has 1 rings (SSSR count). The van der Waals surface area contributed by atoms with Crippen molar-refractivity contribution < 1.29 is 9.53 Å². The SMILES string of the molecule is CC[N]c1ccc(OC)cc1C(N)=O. The van der Waals surface area contributed by atoms with Crippen molar-refractivity contribution in [2.45, 2.75) is 6.92 Å². The number of benzene rings is 1. The second kappa shape index (κ2) is 4.50. The van der Waals surface area contributed by atoms with Crippen LogP contribution in [0, 0.1) is 0 Å². The molecule has 2 N–H and O–H groups in total. The molecule has 0 spiro atoms. The van der Waals surface area contributed by atoms with Gasteiger partial charge < -0.3 is 10.5 Å². The quantitative estimate of drug-likeness (QED) is 0.776. The third-order valence-electron chi connectivity index (χ3n) is 1.80. The van der Waals surface area contributed by atoms with Crippen LogP contribution in [0.15, 0.2) is 18.2 Å². The number of hydrogen-bond donors (Lipinski definition) is 1. The Morgan fingerprint density at radius 3 is 2.79 bits per heavy atom. The lowest BCUT2D eigenvalue weighted by Crippen LogP contribution is -2.14. The highest BCUT2D eigenvalue weighted by atomic mass is 16.5. The van der Waals surface area contributed by atoms with Crippen LogP contribution in [-0.2, 0) is 0 Å². The maximum absolute atomic E-state index is 11.1. The van der Waals surface area contributed by atoms with Gasteiger partial charge in [-0.15, -0.1) is 0 Å². The Morgan fingerprint density at radius 1 is 1.57 bits per heavy atom. The molecule has 1 aromatic carbocycles. The van der Waals surface area contributed by atoms with Gasteiger partial charge in [0.15, 0.2) is 0 Å². The van der Waals surface area contributed by atoms with Crippen LogP contribution in [0.4, 0.5) is 5.69 Å². The number of nitrogens with two attached hydrogens (primary N) is 1. The molecule has 0 aliphatic carbocycles. The van der Waals surface area contributed by atoms with Crippen molar-refractivity contribution in [1.29, 1.82) is 0 Å². The Hall–Kier alpha value is -1.71. The normalized spacial score (nSPS) is 9.57. The summed E-state index contributed by atoms with van der Waals surface area (Å²) in [5, 5.41) is 4.15. The van der Waals surface area contributed by atoms with E-state index in [1.54, 1.807) is 18.2 Å². The molecule has 0 saturated heterocycles. The molecule has 0 aliphatic rings. The smallest absolute Gasteiger partial charge is 0.251 e. The topological polar surface area (TPSA) is 66.4 Å². The summed E-state index contributed by atoms with van der Waals surface area (Å²) in [6.07, 6.45) is 0. The maximum atomic E-state index is 11.1. The number of primary amides is 1. The molecule has 1 amide bonds. The number of methoxy groups -OCH3 is 1. The van der Waals surface area contributed by atoms with Gasteiger partial charge in [0, 0.05) is 6.54 Å². The monoisotopic (exact) mass is 193 g/mol. The minimum Gasteiger partial charge on any atom is -0.497 e. The zero-order valence-electron chi connectivity index (χ0n) is 8.28. The average molecular weight is 193 g/mol. The molecule has 14 heavy (non-hydrogen) atoms. The lowest BCUT2D eigenvalue weighted by molar-refractivity contribution is 0.100. The van der Waals surface area contributed by atoms with Crippen LogP contribution in [0.2, 0.25) is 0 Å². The second-order valence-electron chi connectivity index (χ2n) is 2.72. The van der Waals surface area contributed by atoms with Crippen molar-refractivity contribution in [3.8, 4) is 5.75 Å². The number of nitrogens with zero attached hydrogens (tertiary/aromatic N) is 1. The van der Waals surface area contributed by atoms with Gasteiger partial charge >= 0.3 is 0 Å². The van der Waals surface area contributed by atoms with E-state index in [9.17, 15) is 4.79 Å². The van der Waals surface area contributed by atoms with Crippen molar-refractivity contribution >= 4 is 11.6 Å². The molecule has 75 valence electrons. The third-order valence-corrected chi connectivity index (χ3v) is 1.80. The fourth-order valence-electron chi connectivity index (χ4n) is 1.15. The summed E-state index contributed by atoms with van der Waals surface area (Å²) in [6, 6.07) is 5.07. The minimum absolute atomic E-state index is 0.395. The number of hydrogen-bond acceptors (Lipinski definition) is 2. The molecule has 1 radical (unpaired) electrons. The fraction of sp³-hybridized carbons (Fsp3) is 0.300. The molecular weight excluding hydrogens is 180 g/mol. The summed E-state index contributed by atoms with van der Waals surface area (Å²) < 4.78 is 4.99. The van der Waals surface area contributed by atoms with Crippen LogP contribution in [-0.4, -0.2) is 19.6 Å². The van der Waals surface area contributed by atoms with Gasteiger partial charge in [0.2, 0.25) is 0 Å². The van der Waals surface area contributed by atoms with Gasteiger partial charge in [-0.2, -0.15) is 0 Å². The highest BCUT2D eigenvalue weighted by Crippen LogP contribution is 2.21. The zero-order chi connectivity index (χ0) is 10.6. The van der Waals surface area contributed by atoms with E-state index < -0.39 is 5.91 Å². The van der Waals surface area contributed by atoms with Crippen LogP contribution in [0.5, 0.6) is 5.75 Å². The van der Waals surface area contributed by atoms with Crippen LogP contribution >= 0.6 is 0 Å². The first kappa shape index (κ1) is 10.4. The van der Waals surface area contributed by atoms with Gasteiger partial charge in [0.1, 0.15) is 5.75 Å². The largest absolute Gasteiger partial charge is 0.497 e. The summed E-state index contributed by atoms with van der Waals surface area (Å²) in [4.78, 5) is 11.1. The molecular formula is C10H13N2O2. The van der Waals surface area contributed by atoms with E-state index in [0.29, 0.717) is 23.5 Å². The van der Waals surface area contributed by atoms with Crippen LogP contribution < -0.4 is 15.8 Å². The van der Waals surface area contributed by atoms with Crippen LogP contribution in [0.1, 0.15) is 17.3 Å². The van der Waals surface area contributed by atoms with Crippen LogP contribution in [0.3, 0.4) is 0 Å². The molecule has 0 fully saturated rings. The van der Waals surface area contributed by atoms with Crippen molar-refractivity contribution in [2.75, 3.05) is 13.7 Å². The van der Waals surface area contributed by atoms with E-state index in [-0.39, 0.29) is 0 Å². The van der Waals surface area contributed by atoms with Gasteiger partial charge in [-0.25, -0.2) is 0 Å². The number of carbonyl (C=O) groups excluding carboxylic acids is 1. The van der Waals surface area contributed by atoms with Crippen molar-refractivity contribution in [3.05, 3.63) is 23.8 Å². The van der Waals surface area contributed by atoms with Gasteiger partial charge in [-0.3, -0.25) is 10.1 Å². The summed E-state index contributed by atoms with van der Waals surface area (Å²) in [6.45, 7) is 2.52. The molecule has 1 aromatic rings. The lowest BCUT2D eigenvalue weighted by Gasteiger charge is -2.07. The first-order valence-corrected chi connectivity index (χ1v) is 4.34. The second-order valence-corrected chi connectivity index (χ2v) is 2.72. The molecule has 0 unspecified atom stereocenters. The first-order valence-electron chi connectivity index (χ1n) is 4.34. The zero-order valence-corrected chi connectivity index (χ0v) is 8.28. The molecule has 0 aromatic heterocycles. The summed E-state index contributed by atoms with van der Waals surface area (Å²) >= 11 is 0. The van der Waals surface area contributed by atoms with E-state index in [1.165, 1.54) is 7.11 Å².